The standard InChI is InChI=1S/C14H15ClN2O3/c1-16-7-8-17(9-13(16)18)12-4-2-3-11(15)10(12)5-6-14(19)20/h2-6H,7-9H2,1H3,(H,19,20). The van der Waals surface area contributed by atoms with Crippen LogP contribution in [0.4, 0.5) is 5.69 Å². The molecule has 0 unspecified atom stereocenters. The third-order valence-corrected chi connectivity index (χ3v) is 3.55. The van der Waals surface area contributed by atoms with Crippen LogP contribution in [0, 0.1) is 0 Å². The monoisotopic (exact) mass is 294 g/mol. The van der Waals surface area contributed by atoms with Crippen molar-refractivity contribution < 1.29 is 14.7 Å². The van der Waals surface area contributed by atoms with Crippen molar-refractivity contribution in [3.63, 3.8) is 0 Å². The van der Waals surface area contributed by atoms with E-state index in [0.717, 1.165) is 11.8 Å². The Labute approximate surface area is 122 Å². The van der Waals surface area contributed by atoms with E-state index in [1.807, 2.05) is 11.0 Å². The molecule has 106 valence electrons. The fourth-order valence-corrected chi connectivity index (χ4v) is 2.32. The lowest BCUT2D eigenvalue weighted by Crippen LogP contribution is -2.48. The zero-order valence-corrected chi connectivity index (χ0v) is 11.8. The molecule has 1 aliphatic rings. The number of hydrogen-bond acceptors (Lipinski definition) is 3. The molecule has 5 nitrogen and oxygen atoms in total. The van der Waals surface area contributed by atoms with Gasteiger partial charge in [-0.1, -0.05) is 17.7 Å². The average molecular weight is 295 g/mol. The fourth-order valence-electron chi connectivity index (χ4n) is 2.09. The molecule has 1 N–H and O–H groups in total. The van der Waals surface area contributed by atoms with Crippen LogP contribution in [0.1, 0.15) is 5.56 Å². The smallest absolute Gasteiger partial charge is 0.328 e. The van der Waals surface area contributed by atoms with Gasteiger partial charge in [-0.15, -0.1) is 0 Å². The number of carboxylic acid groups (broad SMARTS) is 1. The summed E-state index contributed by atoms with van der Waals surface area (Å²) in [7, 11) is 1.77. The molecule has 0 spiro atoms. The molecule has 1 heterocycles. The molecular formula is C14H15ClN2O3. The number of hydrogen-bond donors (Lipinski definition) is 1. The van der Waals surface area contributed by atoms with Gasteiger partial charge in [0.1, 0.15) is 0 Å². The van der Waals surface area contributed by atoms with Gasteiger partial charge in [0.15, 0.2) is 0 Å². The van der Waals surface area contributed by atoms with Crippen molar-refractivity contribution in [1.82, 2.24) is 4.90 Å². The lowest BCUT2D eigenvalue weighted by Gasteiger charge is -2.34. The Bertz CT molecular complexity index is 572. The molecule has 0 saturated carbocycles. The number of amides is 1. The molecule has 0 aromatic heterocycles. The summed E-state index contributed by atoms with van der Waals surface area (Å²) >= 11 is 6.13. The number of benzene rings is 1. The molecule has 1 fully saturated rings. The SMILES string of the molecule is CN1CCN(c2cccc(Cl)c2C=CC(=O)O)CC1=O. The second kappa shape index (κ2) is 5.96. The first-order valence-corrected chi connectivity index (χ1v) is 6.55. The summed E-state index contributed by atoms with van der Waals surface area (Å²) < 4.78 is 0. The highest BCUT2D eigenvalue weighted by molar-refractivity contribution is 6.32. The van der Waals surface area contributed by atoms with Gasteiger partial charge < -0.3 is 14.9 Å². The number of piperazine rings is 1. The van der Waals surface area contributed by atoms with Gasteiger partial charge in [-0.3, -0.25) is 4.79 Å². The van der Waals surface area contributed by atoms with Crippen LogP contribution in [0.2, 0.25) is 5.02 Å². The van der Waals surface area contributed by atoms with E-state index in [2.05, 4.69) is 0 Å². The summed E-state index contributed by atoms with van der Waals surface area (Å²) in [6.07, 6.45) is 2.51. The molecule has 1 amide bonds. The first kappa shape index (κ1) is 14.4. The first-order valence-electron chi connectivity index (χ1n) is 6.17. The highest BCUT2D eigenvalue weighted by Gasteiger charge is 2.23. The first-order chi connectivity index (χ1) is 9.49. The lowest BCUT2D eigenvalue weighted by atomic mass is 10.1. The van der Waals surface area contributed by atoms with Crippen molar-refractivity contribution in [2.24, 2.45) is 0 Å². The number of nitrogens with zero attached hydrogens (tertiary/aromatic N) is 2. The normalized spacial score (nSPS) is 16.0. The minimum atomic E-state index is -1.04. The van der Waals surface area contributed by atoms with Gasteiger partial charge in [-0.25, -0.2) is 4.79 Å². The quantitative estimate of drug-likeness (QED) is 0.862. The second-order valence-electron chi connectivity index (χ2n) is 4.58. The van der Waals surface area contributed by atoms with E-state index >= 15 is 0 Å². The Balaban J connectivity index is 2.34. The fraction of sp³-hybridized carbons (Fsp3) is 0.286. The molecular weight excluding hydrogens is 280 g/mol. The number of carbonyl (C=O) groups is 2. The Morgan fingerprint density at radius 2 is 2.15 bits per heavy atom. The maximum atomic E-state index is 11.8. The number of anilines is 1. The summed E-state index contributed by atoms with van der Waals surface area (Å²) in [4.78, 5) is 26.0. The van der Waals surface area contributed by atoms with Gasteiger partial charge in [-0.05, 0) is 18.2 Å². The highest BCUT2D eigenvalue weighted by atomic mass is 35.5. The topological polar surface area (TPSA) is 60.9 Å². The van der Waals surface area contributed by atoms with Crippen molar-refractivity contribution in [3.8, 4) is 0 Å². The van der Waals surface area contributed by atoms with Crippen LogP contribution in [-0.4, -0.2) is 48.6 Å². The van der Waals surface area contributed by atoms with E-state index in [9.17, 15) is 9.59 Å². The number of likely N-dealkylation sites (N-methyl/N-ethyl adjacent to an activating group) is 1. The maximum Gasteiger partial charge on any atom is 0.328 e. The van der Waals surface area contributed by atoms with Crippen molar-refractivity contribution in [2.45, 2.75) is 0 Å². The number of rotatable bonds is 3. The van der Waals surface area contributed by atoms with E-state index < -0.39 is 5.97 Å². The highest BCUT2D eigenvalue weighted by Crippen LogP contribution is 2.29. The predicted molar refractivity (Wildman–Crippen MR) is 78.0 cm³/mol. The lowest BCUT2D eigenvalue weighted by molar-refractivity contribution is -0.131. The van der Waals surface area contributed by atoms with Gasteiger partial charge in [0.05, 0.1) is 6.54 Å². The Hall–Kier alpha value is -2.01. The summed E-state index contributed by atoms with van der Waals surface area (Å²) in [5.41, 5.74) is 1.39. The largest absolute Gasteiger partial charge is 0.478 e. The molecule has 0 aliphatic carbocycles. The Kier molecular flexibility index (Phi) is 4.29. The van der Waals surface area contributed by atoms with Crippen molar-refractivity contribution in [3.05, 3.63) is 34.9 Å². The summed E-state index contributed by atoms with van der Waals surface area (Å²) in [5, 5.41) is 9.20. The zero-order valence-electron chi connectivity index (χ0n) is 11.0. The predicted octanol–water partition coefficient (Wildman–Crippen LogP) is 1.72. The van der Waals surface area contributed by atoms with Gasteiger partial charge in [0.2, 0.25) is 5.91 Å². The molecule has 1 saturated heterocycles. The number of carboxylic acids is 1. The minimum Gasteiger partial charge on any atom is -0.478 e. The van der Waals surface area contributed by atoms with Gasteiger partial charge in [-0.2, -0.15) is 0 Å². The molecule has 0 atom stereocenters. The van der Waals surface area contributed by atoms with Crippen LogP contribution in [0.5, 0.6) is 0 Å². The minimum absolute atomic E-state index is 0.0318. The number of carbonyl (C=O) groups excluding carboxylic acids is 1. The molecule has 2 rings (SSSR count). The van der Waals surface area contributed by atoms with Crippen LogP contribution in [0.3, 0.4) is 0 Å². The summed E-state index contributed by atoms with van der Waals surface area (Å²) in [6, 6.07) is 5.33. The second-order valence-corrected chi connectivity index (χ2v) is 4.99. The van der Waals surface area contributed by atoms with Crippen molar-refractivity contribution >= 4 is 35.2 Å². The van der Waals surface area contributed by atoms with Crippen LogP contribution in [0.25, 0.3) is 6.08 Å². The maximum absolute atomic E-state index is 11.8. The molecule has 1 aromatic rings. The van der Waals surface area contributed by atoms with E-state index in [0.29, 0.717) is 23.7 Å². The van der Waals surface area contributed by atoms with Crippen LogP contribution >= 0.6 is 11.6 Å². The van der Waals surface area contributed by atoms with Gasteiger partial charge >= 0.3 is 5.97 Å². The zero-order chi connectivity index (χ0) is 14.7. The van der Waals surface area contributed by atoms with Crippen LogP contribution in [0.15, 0.2) is 24.3 Å². The van der Waals surface area contributed by atoms with E-state index in [4.69, 9.17) is 16.7 Å². The van der Waals surface area contributed by atoms with Crippen LogP contribution < -0.4 is 4.90 Å². The molecule has 1 aliphatic heterocycles. The Morgan fingerprint density at radius 1 is 1.40 bits per heavy atom. The average Bonchev–Trinajstić information content (AvgIpc) is 2.40. The van der Waals surface area contributed by atoms with Gasteiger partial charge in [0.25, 0.3) is 0 Å². The Morgan fingerprint density at radius 3 is 2.80 bits per heavy atom. The molecule has 0 radical (unpaired) electrons. The molecule has 0 bridgehead atoms. The molecule has 1 aromatic carbocycles. The molecule has 20 heavy (non-hydrogen) atoms. The number of aliphatic carboxylic acids is 1. The van der Waals surface area contributed by atoms with E-state index in [-0.39, 0.29) is 12.5 Å². The van der Waals surface area contributed by atoms with Crippen LogP contribution in [-0.2, 0) is 9.59 Å². The third kappa shape index (κ3) is 3.11. The number of halogens is 1. The van der Waals surface area contributed by atoms with Crippen molar-refractivity contribution in [1.29, 1.82) is 0 Å². The summed E-state index contributed by atoms with van der Waals surface area (Å²) in [5.74, 6) is -1.00. The van der Waals surface area contributed by atoms with E-state index in [1.165, 1.54) is 6.08 Å². The van der Waals surface area contributed by atoms with E-state index in [1.54, 1.807) is 24.1 Å². The van der Waals surface area contributed by atoms with Gasteiger partial charge in [0, 0.05) is 42.5 Å². The van der Waals surface area contributed by atoms with Crippen molar-refractivity contribution in [2.75, 3.05) is 31.6 Å². The third-order valence-electron chi connectivity index (χ3n) is 3.22. The summed E-state index contributed by atoms with van der Waals surface area (Å²) in [6.45, 7) is 1.59. The molecule has 6 heteroatoms.